The zero-order valence-corrected chi connectivity index (χ0v) is 13.5. The van der Waals surface area contributed by atoms with Crippen LogP contribution in [0, 0.1) is 0 Å². The first-order chi connectivity index (χ1) is 10.9. The summed E-state index contributed by atoms with van der Waals surface area (Å²) in [6.07, 6.45) is 4.92. The number of carbonyl (C=O) groups is 2. The first-order valence-electron chi connectivity index (χ1n) is 7.64. The van der Waals surface area contributed by atoms with Crippen LogP contribution in [0.4, 0.5) is 10.5 Å². The molecule has 7 nitrogen and oxygen atoms in total. The molecular weight excluding hydrogens is 318 g/mol. The van der Waals surface area contributed by atoms with Gasteiger partial charge in [0.25, 0.3) is 5.91 Å². The van der Waals surface area contributed by atoms with Crippen LogP contribution < -0.4 is 10.0 Å². The van der Waals surface area contributed by atoms with Crippen molar-refractivity contribution in [3.8, 4) is 0 Å². The molecule has 0 aromatic heterocycles. The van der Waals surface area contributed by atoms with Gasteiger partial charge in [0.1, 0.15) is 6.54 Å². The highest BCUT2D eigenvalue weighted by Crippen LogP contribution is 2.29. The molecule has 3 rings (SSSR count). The molecule has 0 bridgehead atoms. The molecule has 1 heterocycles. The van der Waals surface area contributed by atoms with Crippen molar-refractivity contribution in [1.82, 2.24) is 4.90 Å². The summed E-state index contributed by atoms with van der Waals surface area (Å²) in [5.41, 5.74) is 0.494. The Bertz CT molecular complexity index is 724. The molecule has 2 aliphatic rings. The van der Waals surface area contributed by atoms with Gasteiger partial charge in [-0.1, -0.05) is 19.3 Å². The minimum atomic E-state index is -3.78. The maximum atomic E-state index is 12.6. The predicted molar refractivity (Wildman–Crippen MR) is 84.3 cm³/mol. The third-order valence-corrected chi connectivity index (χ3v) is 5.35. The smallest absolute Gasteiger partial charge is 0.285 e. The number of benzene rings is 1. The quantitative estimate of drug-likeness (QED) is 0.843. The average Bonchev–Trinajstić information content (AvgIpc) is 2.82. The minimum absolute atomic E-state index is 0.00987. The maximum Gasteiger partial charge on any atom is 0.331 e. The maximum absolute atomic E-state index is 12.6. The third kappa shape index (κ3) is 3.09. The van der Waals surface area contributed by atoms with Gasteiger partial charge < -0.3 is 0 Å². The summed E-state index contributed by atoms with van der Waals surface area (Å²) >= 11 is 0. The molecule has 0 radical (unpaired) electrons. The lowest BCUT2D eigenvalue weighted by atomic mass is 9.94. The summed E-state index contributed by atoms with van der Waals surface area (Å²) < 4.78 is 22.6. The summed E-state index contributed by atoms with van der Waals surface area (Å²) in [4.78, 5) is 27.5. The zero-order chi connectivity index (χ0) is 16.6. The molecule has 1 aromatic rings. The van der Waals surface area contributed by atoms with Crippen LogP contribution in [0.15, 0.2) is 29.2 Å². The number of nitrogens with two attached hydrogens (primary N) is 1. The van der Waals surface area contributed by atoms with E-state index in [1.54, 1.807) is 0 Å². The normalized spacial score (nSPS) is 20.4. The van der Waals surface area contributed by atoms with Crippen molar-refractivity contribution in [2.45, 2.75) is 43.0 Å². The molecule has 2 N–H and O–H groups in total. The second-order valence-corrected chi connectivity index (χ2v) is 7.52. The molecule has 23 heavy (non-hydrogen) atoms. The Balaban J connectivity index is 1.81. The van der Waals surface area contributed by atoms with Gasteiger partial charge in [-0.25, -0.2) is 18.4 Å². The molecule has 1 aliphatic carbocycles. The monoisotopic (exact) mass is 337 g/mol. The highest BCUT2D eigenvalue weighted by Gasteiger charge is 2.41. The summed E-state index contributed by atoms with van der Waals surface area (Å²) in [7, 11) is -3.78. The minimum Gasteiger partial charge on any atom is -0.285 e. The van der Waals surface area contributed by atoms with Crippen LogP contribution >= 0.6 is 0 Å². The van der Waals surface area contributed by atoms with Gasteiger partial charge >= 0.3 is 6.03 Å². The molecule has 3 amide bonds. The number of hydrogen-bond donors (Lipinski definition) is 1. The molecule has 124 valence electrons. The second-order valence-electron chi connectivity index (χ2n) is 5.96. The van der Waals surface area contributed by atoms with Crippen LogP contribution in [-0.2, 0) is 14.8 Å². The van der Waals surface area contributed by atoms with Crippen LogP contribution in [0.3, 0.4) is 0 Å². The lowest BCUT2D eigenvalue weighted by Gasteiger charge is -2.29. The van der Waals surface area contributed by atoms with E-state index >= 15 is 0 Å². The van der Waals surface area contributed by atoms with Gasteiger partial charge in [-0.05, 0) is 37.1 Å². The van der Waals surface area contributed by atoms with Gasteiger partial charge in [0.2, 0.25) is 10.0 Å². The topological polar surface area (TPSA) is 101 Å². The summed E-state index contributed by atoms with van der Waals surface area (Å²) in [5, 5.41) is 5.06. The largest absolute Gasteiger partial charge is 0.331 e. The number of anilines is 1. The number of sulfonamides is 1. The lowest BCUT2D eigenvalue weighted by Crippen LogP contribution is -2.42. The Hall–Kier alpha value is -1.93. The van der Waals surface area contributed by atoms with Gasteiger partial charge in [-0.3, -0.25) is 14.6 Å². The van der Waals surface area contributed by atoms with Crippen LogP contribution in [0.25, 0.3) is 0 Å². The molecule has 2 fully saturated rings. The molecule has 1 saturated carbocycles. The van der Waals surface area contributed by atoms with Gasteiger partial charge in [0, 0.05) is 11.7 Å². The van der Waals surface area contributed by atoms with E-state index in [4.69, 9.17) is 5.14 Å². The van der Waals surface area contributed by atoms with Crippen LogP contribution in [0.5, 0.6) is 0 Å². The SMILES string of the molecule is NS(=O)(=O)c1ccc(N2CC(=O)N(C3CCCCC3)C2=O)cc1. The van der Waals surface area contributed by atoms with E-state index in [-0.39, 0.29) is 29.4 Å². The summed E-state index contributed by atoms with van der Waals surface area (Å²) in [5.74, 6) is -0.197. The van der Waals surface area contributed by atoms with Gasteiger partial charge in [0.15, 0.2) is 0 Å². The van der Waals surface area contributed by atoms with Crippen LogP contribution in [0.2, 0.25) is 0 Å². The predicted octanol–water partition coefficient (Wildman–Crippen LogP) is 1.44. The van der Waals surface area contributed by atoms with E-state index in [1.165, 1.54) is 34.1 Å². The number of nitrogens with zero attached hydrogens (tertiary/aromatic N) is 2. The van der Waals surface area contributed by atoms with E-state index < -0.39 is 10.0 Å². The average molecular weight is 337 g/mol. The first-order valence-corrected chi connectivity index (χ1v) is 9.19. The Kier molecular flexibility index (Phi) is 4.11. The molecule has 8 heteroatoms. The van der Waals surface area contributed by atoms with Crippen molar-refractivity contribution in [2.24, 2.45) is 5.14 Å². The number of urea groups is 1. The van der Waals surface area contributed by atoms with Crippen molar-refractivity contribution < 1.29 is 18.0 Å². The van der Waals surface area contributed by atoms with E-state index in [1.807, 2.05) is 0 Å². The first kappa shape index (κ1) is 15.9. The van der Waals surface area contributed by atoms with Crippen molar-refractivity contribution in [3.63, 3.8) is 0 Å². The Morgan fingerprint density at radius 3 is 2.17 bits per heavy atom. The molecule has 1 aromatic carbocycles. The van der Waals surface area contributed by atoms with Crippen molar-refractivity contribution in [2.75, 3.05) is 11.4 Å². The molecule has 0 spiro atoms. The van der Waals surface area contributed by atoms with Crippen LogP contribution in [-0.4, -0.2) is 37.8 Å². The van der Waals surface area contributed by atoms with Crippen molar-refractivity contribution in [3.05, 3.63) is 24.3 Å². The molecule has 1 aliphatic heterocycles. The lowest BCUT2D eigenvalue weighted by molar-refractivity contribution is -0.126. The molecule has 0 atom stereocenters. The molecule has 0 unspecified atom stereocenters. The zero-order valence-electron chi connectivity index (χ0n) is 12.6. The van der Waals surface area contributed by atoms with Gasteiger partial charge in [0.05, 0.1) is 4.90 Å². The molecule has 1 saturated heterocycles. The number of carbonyl (C=O) groups excluding carboxylic acids is 2. The number of rotatable bonds is 3. The van der Waals surface area contributed by atoms with E-state index in [9.17, 15) is 18.0 Å². The fraction of sp³-hybridized carbons (Fsp3) is 0.467. The highest BCUT2D eigenvalue weighted by molar-refractivity contribution is 7.89. The fourth-order valence-corrected chi connectivity index (χ4v) is 3.75. The van der Waals surface area contributed by atoms with E-state index in [0.29, 0.717) is 5.69 Å². The second kappa shape index (κ2) is 5.93. The fourth-order valence-electron chi connectivity index (χ4n) is 3.23. The number of hydrogen-bond acceptors (Lipinski definition) is 4. The van der Waals surface area contributed by atoms with Crippen LogP contribution in [0.1, 0.15) is 32.1 Å². The Morgan fingerprint density at radius 1 is 1.00 bits per heavy atom. The summed E-state index contributed by atoms with van der Waals surface area (Å²) in [6, 6.07) is 5.32. The van der Waals surface area contributed by atoms with Crippen molar-refractivity contribution in [1.29, 1.82) is 0 Å². The van der Waals surface area contributed by atoms with Gasteiger partial charge in [-0.15, -0.1) is 0 Å². The van der Waals surface area contributed by atoms with Crippen molar-refractivity contribution >= 4 is 27.6 Å². The standard InChI is InChI=1S/C15H19N3O4S/c16-23(21,22)13-8-6-11(7-9-13)17-10-14(19)18(15(17)20)12-4-2-1-3-5-12/h6-9,12H,1-5,10H2,(H2,16,21,22). The molecular formula is C15H19N3O4S. The van der Waals surface area contributed by atoms with E-state index in [2.05, 4.69) is 0 Å². The number of amides is 3. The Morgan fingerprint density at radius 2 is 1.61 bits per heavy atom. The summed E-state index contributed by atoms with van der Waals surface area (Å²) in [6.45, 7) is -0.00987. The highest BCUT2D eigenvalue weighted by atomic mass is 32.2. The third-order valence-electron chi connectivity index (χ3n) is 4.42. The number of primary sulfonamides is 1. The Labute approximate surface area is 135 Å². The van der Waals surface area contributed by atoms with Gasteiger partial charge in [-0.2, -0.15) is 0 Å². The van der Waals surface area contributed by atoms with E-state index in [0.717, 1.165) is 32.1 Å². The number of imide groups is 1.